The number of rotatable bonds is 4. The normalized spacial score (nSPS) is 12.8. The van der Waals surface area contributed by atoms with E-state index >= 15 is 0 Å². The molecule has 0 fully saturated rings. The number of hydrogen-bond donors (Lipinski definition) is 2. The molecule has 3 aromatic rings. The van der Waals surface area contributed by atoms with Crippen LogP contribution in [0.15, 0.2) is 54.7 Å². The van der Waals surface area contributed by atoms with Gasteiger partial charge in [0, 0.05) is 23.7 Å². The van der Waals surface area contributed by atoms with Gasteiger partial charge in [-0.25, -0.2) is 13.8 Å². The molecule has 1 aliphatic heterocycles. The van der Waals surface area contributed by atoms with E-state index in [4.69, 9.17) is 5.73 Å². The number of carbonyl (C=O) groups excluding carboxylic acids is 1. The molecular weight excluding hydrogens is 364 g/mol. The van der Waals surface area contributed by atoms with Crippen molar-refractivity contribution in [1.82, 2.24) is 14.5 Å². The molecule has 0 atom stereocenters. The van der Waals surface area contributed by atoms with Crippen LogP contribution in [0.3, 0.4) is 0 Å². The first-order chi connectivity index (χ1) is 13.5. The molecule has 1 aliphatic rings. The highest BCUT2D eigenvalue weighted by Gasteiger charge is 2.23. The fourth-order valence-electron chi connectivity index (χ4n) is 2.99. The second-order valence-corrected chi connectivity index (χ2v) is 6.26. The lowest BCUT2D eigenvalue weighted by atomic mass is 10.1. The van der Waals surface area contributed by atoms with Gasteiger partial charge in [0.15, 0.2) is 0 Å². The summed E-state index contributed by atoms with van der Waals surface area (Å²) >= 11 is 0. The molecule has 8 heteroatoms. The van der Waals surface area contributed by atoms with Crippen LogP contribution in [-0.2, 0) is 11.3 Å². The molecule has 0 bridgehead atoms. The lowest BCUT2D eigenvalue weighted by Gasteiger charge is -2.22. The summed E-state index contributed by atoms with van der Waals surface area (Å²) in [6.07, 6.45) is 3.34. The highest BCUT2D eigenvalue weighted by atomic mass is 19.1. The first-order valence-electron chi connectivity index (χ1n) is 8.62. The average Bonchev–Trinajstić information content (AvgIpc) is 3.07. The molecule has 0 saturated carbocycles. The second-order valence-electron chi connectivity index (χ2n) is 6.26. The molecule has 0 aliphatic carbocycles. The van der Waals surface area contributed by atoms with Gasteiger partial charge in [-0.3, -0.25) is 9.36 Å². The second kappa shape index (κ2) is 7.24. The first-order valence-corrected chi connectivity index (χ1v) is 8.62. The van der Waals surface area contributed by atoms with E-state index in [1.807, 2.05) is 4.57 Å². The molecular formula is C20H17F2N5O. The molecule has 3 N–H and O–H groups in total. The topological polar surface area (TPSA) is 76.2 Å². The van der Waals surface area contributed by atoms with Crippen molar-refractivity contribution < 1.29 is 13.6 Å². The summed E-state index contributed by atoms with van der Waals surface area (Å²) in [6.45, 7) is 0.155. The van der Waals surface area contributed by atoms with Gasteiger partial charge in [-0.1, -0.05) is 0 Å². The largest absolute Gasteiger partial charge is 0.339 e. The molecule has 142 valence electrons. The quantitative estimate of drug-likeness (QED) is 0.727. The minimum Gasteiger partial charge on any atom is -0.339 e. The Morgan fingerprint density at radius 3 is 2.32 bits per heavy atom. The zero-order chi connectivity index (χ0) is 19.7. The number of benzene rings is 2. The molecule has 0 spiro atoms. The highest BCUT2D eigenvalue weighted by molar-refractivity contribution is 5.82. The minimum atomic E-state index is -0.347. The van der Waals surface area contributed by atoms with Crippen molar-refractivity contribution in [2.45, 2.75) is 6.54 Å². The maximum atomic E-state index is 13.3. The third-order valence-electron chi connectivity index (χ3n) is 4.41. The molecule has 0 radical (unpaired) electrons. The third kappa shape index (κ3) is 3.37. The van der Waals surface area contributed by atoms with Crippen molar-refractivity contribution in [2.24, 2.45) is 5.73 Å². The number of anilines is 2. The van der Waals surface area contributed by atoms with Crippen LogP contribution in [0.5, 0.6) is 0 Å². The number of halogens is 2. The Kier molecular flexibility index (Phi) is 4.62. The monoisotopic (exact) mass is 381 g/mol. The number of aromatic nitrogens is 2. The van der Waals surface area contributed by atoms with E-state index in [1.54, 1.807) is 36.7 Å². The summed E-state index contributed by atoms with van der Waals surface area (Å²) in [5.41, 5.74) is 7.41. The molecule has 0 saturated heterocycles. The Morgan fingerprint density at radius 2 is 1.68 bits per heavy atom. The number of imidazole rings is 1. The van der Waals surface area contributed by atoms with Gasteiger partial charge < -0.3 is 16.0 Å². The number of nitrogens with two attached hydrogens (primary N) is 1. The number of carbonyl (C=O) groups is 1. The Hall–Kier alpha value is -3.52. The van der Waals surface area contributed by atoms with Gasteiger partial charge in [-0.15, -0.1) is 0 Å². The Balaban J connectivity index is 1.78. The fraction of sp³-hybridized carbons (Fsp3) is 0.100. The lowest BCUT2D eigenvalue weighted by molar-refractivity contribution is -0.127. The Labute approximate surface area is 159 Å². The van der Waals surface area contributed by atoms with E-state index in [0.717, 1.165) is 0 Å². The van der Waals surface area contributed by atoms with E-state index in [1.165, 1.54) is 29.2 Å². The smallest absolute Gasteiger partial charge is 0.240 e. The highest BCUT2D eigenvalue weighted by Crippen LogP contribution is 2.33. The summed E-state index contributed by atoms with van der Waals surface area (Å²) in [4.78, 5) is 18.1. The van der Waals surface area contributed by atoms with Crippen molar-refractivity contribution in [3.8, 4) is 11.3 Å². The zero-order valence-electron chi connectivity index (χ0n) is 14.8. The van der Waals surface area contributed by atoms with Gasteiger partial charge in [0.05, 0.1) is 13.1 Å². The van der Waals surface area contributed by atoms with Gasteiger partial charge in [-0.05, 0) is 48.5 Å². The maximum absolute atomic E-state index is 13.3. The van der Waals surface area contributed by atoms with Crippen molar-refractivity contribution in [3.05, 3.63) is 72.2 Å². The summed E-state index contributed by atoms with van der Waals surface area (Å²) in [7, 11) is 0. The van der Waals surface area contributed by atoms with Crippen LogP contribution in [0.1, 0.15) is 5.82 Å². The van der Waals surface area contributed by atoms with Crippen LogP contribution in [0.25, 0.3) is 17.5 Å². The summed E-state index contributed by atoms with van der Waals surface area (Å²) in [5, 5.41) is 3.24. The average molecular weight is 381 g/mol. The van der Waals surface area contributed by atoms with Crippen LogP contribution in [-0.4, -0.2) is 26.9 Å². The van der Waals surface area contributed by atoms with Crippen molar-refractivity contribution >= 4 is 23.6 Å². The van der Waals surface area contributed by atoms with Crippen LogP contribution < -0.4 is 11.1 Å². The van der Waals surface area contributed by atoms with E-state index in [9.17, 15) is 13.6 Å². The predicted molar refractivity (Wildman–Crippen MR) is 102 cm³/mol. The molecule has 2 aromatic carbocycles. The molecule has 1 aromatic heterocycles. The van der Waals surface area contributed by atoms with Gasteiger partial charge in [0.2, 0.25) is 5.91 Å². The predicted octanol–water partition coefficient (Wildman–Crippen LogP) is 3.30. The van der Waals surface area contributed by atoms with Crippen molar-refractivity contribution in [1.29, 1.82) is 0 Å². The molecule has 0 unspecified atom stereocenters. The van der Waals surface area contributed by atoms with Crippen LogP contribution in [0, 0.1) is 11.6 Å². The van der Waals surface area contributed by atoms with E-state index in [-0.39, 0.29) is 30.6 Å². The maximum Gasteiger partial charge on any atom is 0.240 e. The number of nitrogens with zero attached hydrogens (tertiary/aromatic N) is 3. The number of amides is 1. The molecule has 28 heavy (non-hydrogen) atoms. The summed E-state index contributed by atoms with van der Waals surface area (Å²) < 4.78 is 28.4. The summed E-state index contributed by atoms with van der Waals surface area (Å²) in [6, 6.07) is 11.9. The Morgan fingerprint density at radius 1 is 1.04 bits per heavy atom. The minimum absolute atomic E-state index is 0.101. The molecule has 2 heterocycles. The SMILES string of the molecule is NCC(=O)N1C=Cn2c(nc(-c3ccc(F)cc3)c2Nc2ccc(F)cc2)C1. The lowest BCUT2D eigenvalue weighted by Crippen LogP contribution is -2.33. The fourth-order valence-corrected chi connectivity index (χ4v) is 2.99. The first kappa shape index (κ1) is 17.9. The van der Waals surface area contributed by atoms with Crippen LogP contribution in [0.2, 0.25) is 0 Å². The van der Waals surface area contributed by atoms with Gasteiger partial charge in [0.1, 0.15) is 29.0 Å². The standard InChI is InChI=1S/C20H17F2N5O/c21-14-3-1-13(2-4-14)19-20(24-16-7-5-15(22)6-8-16)27-10-9-26(18(28)11-23)12-17(27)25-19/h1-10,24H,11-12,23H2. The number of nitrogens with one attached hydrogen (secondary N) is 1. The molecule has 1 amide bonds. The van der Waals surface area contributed by atoms with E-state index < -0.39 is 0 Å². The molecule has 6 nitrogen and oxygen atoms in total. The van der Waals surface area contributed by atoms with E-state index in [2.05, 4.69) is 10.3 Å². The van der Waals surface area contributed by atoms with Gasteiger partial charge in [0.25, 0.3) is 0 Å². The van der Waals surface area contributed by atoms with Crippen molar-refractivity contribution in [2.75, 3.05) is 11.9 Å². The summed E-state index contributed by atoms with van der Waals surface area (Å²) in [5.74, 6) is 0.343. The van der Waals surface area contributed by atoms with Gasteiger partial charge in [-0.2, -0.15) is 0 Å². The number of hydrogen-bond acceptors (Lipinski definition) is 4. The number of fused-ring (bicyclic) bond motifs is 1. The van der Waals surface area contributed by atoms with Gasteiger partial charge >= 0.3 is 0 Å². The third-order valence-corrected chi connectivity index (χ3v) is 4.41. The van der Waals surface area contributed by atoms with Crippen molar-refractivity contribution in [3.63, 3.8) is 0 Å². The van der Waals surface area contributed by atoms with E-state index in [0.29, 0.717) is 28.6 Å². The van der Waals surface area contributed by atoms with Crippen LogP contribution in [0.4, 0.5) is 20.3 Å². The zero-order valence-corrected chi connectivity index (χ0v) is 14.8. The van der Waals surface area contributed by atoms with Crippen LogP contribution >= 0.6 is 0 Å². The Bertz CT molecular complexity index is 1040. The molecule has 4 rings (SSSR count).